The maximum absolute atomic E-state index is 5.41. The summed E-state index contributed by atoms with van der Waals surface area (Å²) in [5.74, 6) is 0.980. The first-order valence-electron chi connectivity index (χ1n) is 5.45. The highest BCUT2D eigenvalue weighted by Gasteiger charge is 2.43. The Morgan fingerprint density at radius 3 is 2.36 bits per heavy atom. The molecule has 0 spiro atoms. The molecule has 0 aromatic heterocycles. The number of fused-ring (bicyclic) bond motifs is 1. The molecule has 2 rings (SSSR count). The zero-order valence-corrected chi connectivity index (χ0v) is 10.9. The Kier molecular flexibility index (Phi) is 5.70. The second-order valence-electron chi connectivity index (χ2n) is 4.00. The average Bonchev–Trinajstić information content (AvgIpc) is 2.97. The molecule has 2 aliphatic rings. The van der Waals surface area contributed by atoms with Crippen LogP contribution in [0.25, 0.3) is 0 Å². The van der Waals surface area contributed by atoms with E-state index in [2.05, 4.69) is 15.8 Å². The quantitative estimate of drug-likeness (QED) is 0.527. The molecular formula is C10H22O3Si. The predicted molar refractivity (Wildman–Crippen MR) is 58.9 cm³/mol. The summed E-state index contributed by atoms with van der Waals surface area (Å²) < 4.78 is 14.6. The van der Waals surface area contributed by atoms with E-state index in [0.29, 0.717) is 12.2 Å². The van der Waals surface area contributed by atoms with Gasteiger partial charge in [-0.15, -0.1) is 0 Å². The summed E-state index contributed by atoms with van der Waals surface area (Å²) in [5.41, 5.74) is 0. The molecule has 1 saturated heterocycles. The fraction of sp³-hybridized carbons (Fsp3) is 1.00. The van der Waals surface area contributed by atoms with Crippen molar-refractivity contribution in [2.45, 2.75) is 44.8 Å². The highest BCUT2D eigenvalue weighted by Crippen LogP contribution is 2.40. The van der Waals surface area contributed by atoms with Crippen LogP contribution in [0, 0.1) is 5.92 Å². The minimum absolute atomic E-state index is 0.568. The van der Waals surface area contributed by atoms with Gasteiger partial charge in [-0.1, -0.05) is 13.3 Å². The molecule has 4 heteroatoms. The molecule has 14 heavy (non-hydrogen) atoms. The van der Waals surface area contributed by atoms with Crippen LogP contribution in [-0.2, 0) is 13.6 Å². The van der Waals surface area contributed by atoms with Gasteiger partial charge in [-0.3, -0.25) is 0 Å². The van der Waals surface area contributed by atoms with E-state index in [-0.39, 0.29) is 0 Å². The fourth-order valence-electron chi connectivity index (χ4n) is 1.98. The molecule has 3 unspecified atom stereocenters. The molecule has 1 aliphatic heterocycles. The predicted octanol–water partition coefficient (Wildman–Crippen LogP) is 1.24. The number of epoxide rings is 1. The van der Waals surface area contributed by atoms with Crippen molar-refractivity contribution in [3.8, 4) is 0 Å². The van der Waals surface area contributed by atoms with Crippen molar-refractivity contribution in [2.24, 2.45) is 5.92 Å². The first kappa shape index (κ1) is 12.2. The molecule has 3 nitrogen and oxygen atoms in total. The van der Waals surface area contributed by atoms with Crippen LogP contribution in [-0.4, -0.2) is 36.4 Å². The van der Waals surface area contributed by atoms with Gasteiger partial charge in [0.1, 0.15) is 0 Å². The molecule has 84 valence electrons. The van der Waals surface area contributed by atoms with Gasteiger partial charge in [-0.2, -0.15) is 0 Å². The highest BCUT2D eigenvalue weighted by atomic mass is 28.3. The minimum Gasteiger partial charge on any atom is -0.402 e. The molecule has 0 N–H and O–H groups in total. The van der Waals surface area contributed by atoms with Crippen LogP contribution < -0.4 is 0 Å². The van der Waals surface area contributed by atoms with Crippen molar-refractivity contribution in [1.29, 1.82) is 0 Å². The van der Waals surface area contributed by atoms with Crippen molar-refractivity contribution >= 4 is 10.0 Å². The van der Waals surface area contributed by atoms with Gasteiger partial charge in [0.15, 0.2) is 0 Å². The Balaban J connectivity index is 0.000000171. The molecule has 0 aromatic rings. The zero-order valence-electron chi connectivity index (χ0n) is 9.49. The first-order valence-corrected chi connectivity index (χ1v) is 6.60. The maximum Gasteiger partial charge on any atom is 0.303 e. The highest BCUT2D eigenvalue weighted by molar-refractivity contribution is 6.17. The Labute approximate surface area is 89.2 Å². The van der Waals surface area contributed by atoms with Crippen molar-refractivity contribution in [1.82, 2.24) is 0 Å². The minimum atomic E-state index is -0.568. The molecule has 2 fully saturated rings. The van der Waals surface area contributed by atoms with E-state index in [1.54, 1.807) is 14.2 Å². The van der Waals surface area contributed by atoms with E-state index in [1.807, 2.05) is 0 Å². The van der Waals surface area contributed by atoms with E-state index in [1.165, 1.54) is 25.7 Å². The zero-order chi connectivity index (χ0) is 10.4. The molecule has 1 aliphatic carbocycles. The Morgan fingerprint density at radius 1 is 1.21 bits per heavy atom. The first-order chi connectivity index (χ1) is 6.81. The largest absolute Gasteiger partial charge is 0.402 e. The summed E-state index contributed by atoms with van der Waals surface area (Å²) in [5, 5.41) is 0. The molecule has 1 saturated carbocycles. The summed E-state index contributed by atoms with van der Waals surface area (Å²) in [6.45, 7) is 2.29. The number of hydrogen-bond acceptors (Lipinski definition) is 3. The van der Waals surface area contributed by atoms with Crippen LogP contribution in [0.3, 0.4) is 0 Å². The van der Waals surface area contributed by atoms with Crippen LogP contribution in [0.5, 0.6) is 0 Å². The van der Waals surface area contributed by atoms with Gasteiger partial charge in [-0.05, 0) is 25.2 Å². The van der Waals surface area contributed by atoms with Crippen molar-refractivity contribution < 1.29 is 13.6 Å². The molecule has 0 amide bonds. The SMILES string of the molecule is CCC1CCC2OC2C1.CO[SiH2]OC. The standard InChI is InChI=1S/C8H14O.C2H8O2Si/c1-2-6-3-4-7-8(5-6)9-7;1-3-5-4-2/h6-8H,2-5H2,1H3;5H2,1-2H3. The van der Waals surface area contributed by atoms with Gasteiger partial charge in [0, 0.05) is 14.2 Å². The van der Waals surface area contributed by atoms with Gasteiger partial charge in [0.05, 0.1) is 12.2 Å². The third-order valence-electron chi connectivity index (χ3n) is 2.93. The number of ether oxygens (including phenoxy) is 1. The smallest absolute Gasteiger partial charge is 0.303 e. The Bertz CT molecular complexity index is 152. The lowest BCUT2D eigenvalue weighted by molar-refractivity contribution is 0.309. The van der Waals surface area contributed by atoms with Crippen molar-refractivity contribution in [2.75, 3.05) is 14.2 Å². The molecular weight excluding hydrogens is 196 g/mol. The van der Waals surface area contributed by atoms with E-state index in [0.717, 1.165) is 5.92 Å². The lowest BCUT2D eigenvalue weighted by Gasteiger charge is -2.15. The normalized spacial score (nSPS) is 34.1. The second-order valence-corrected chi connectivity index (χ2v) is 5.39. The monoisotopic (exact) mass is 218 g/mol. The summed E-state index contributed by atoms with van der Waals surface area (Å²) in [6.07, 6.45) is 6.82. The van der Waals surface area contributed by atoms with Crippen LogP contribution in [0.1, 0.15) is 32.6 Å². The number of hydrogen-bond donors (Lipinski definition) is 0. The topological polar surface area (TPSA) is 31.0 Å². The Morgan fingerprint density at radius 2 is 1.93 bits per heavy atom. The van der Waals surface area contributed by atoms with Gasteiger partial charge >= 0.3 is 10.0 Å². The van der Waals surface area contributed by atoms with Crippen LogP contribution in [0.4, 0.5) is 0 Å². The summed E-state index contributed by atoms with van der Waals surface area (Å²) in [6, 6.07) is 0. The van der Waals surface area contributed by atoms with Gasteiger partial charge in [-0.25, -0.2) is 0 Å². The molecule has 0 radical (unpaired) electrons. The van der Waals surface area contributed by atoms with E-state index in [4.69, 9.17) is 4.74 Å². The molecule has 3 atom stereocenters. The van der Waals surface area contributed by atoms with Crippen molar-refractivity contribution in [3.63, 3.8) is 0 Å². The molecule has 0 aromatic carbocycles. The lowest BCUT2D eigenvalue weighted by Crippen LogP contribution is -2.11. The summed E-state index contributed by atoms with van der Waals surface area (Å²) >= 11 is 0. The van der Waals surface area contributed by atoms with Crippen molar-refractivity contribution in [3.05, 3.63) is 0 Å². The molecule has 0 bridgehead atoms. The van der Waals surface area contributed by atoms with Gasteiger partial charge in [0.25, 0.3) is 0 Å². The summed E-state index contributed by atoms with van der Waals surface area (Å²) in [4.78, 5) is 0. The van der Waals surface area contributed by atoms with E-state index >= 15 is 0 Å². The van der Waals surface area contributed by atoms with E-state index in [9.17, 15) is 0 Å². The lowest BCUT2D eigenvalue weighted by atomic mass is 9.88. The third kappa shape index (κ3) is 4.08. The summed E-state index contributed by atoms with van der Waals surface area (Å²) in [7, 11) is 2.73. The van der Waals surface area contributed by atoms with Gasteiger partial charge in [0.2, 0.25) is 0 Å². The van der Waals surface area contributed by atoms with Crippen LogP contribution in [0.15, 0.2) is 0 Å². The van der Waals surface area contributed by atoms with Gasteiger partial charge < -0.3 is 13.6 Å². The number of rotatable bonds is 3. The van der Waals surface area contributed by atoms with E-state index < -0.39 is 10.0 Å². The molecule has 1 heterocycles. The van der Waals surface area contributed by atoms with Crippen LogP contribution in [0.2, 0.25) is 0 Å². The maximum atomic E-state index is 5.41. The fourth-order valence-corrected chi connectivity index (χ4v) is 2.21. The average molecular weight is 218 g/mol. The third-order valence-corrected chi connectivity index (χ3v) is 3.40. The van der Waals surface area contributed by atoms with Crippen LogP contribution >= 0.6 is 0 Å². The second kappa shape index (κ2) is 6.56. The Hall–Kier alpha value is 0.0969.